The van der Waals surface area contributed by atoms with Crippen molar-refractivity contribution in [2.24, 2.45) is 17.8 Å². The van der Waals surface area contributed by atoms with Gasteiger partial charge >= 0.3 is 0 Å². The number of phenols is 1. The van der Waals surface area contributed by atoms with Crippen molar-refractivity contribution in [2.45, 2.75) is 28.5 Å². The Morgan fingerprint density at radius 1 is 0.750 bits per heavy atom. The third-order valence-electron chi connectivity index (χ3n) is 11.5. The van der Waals surface area contributed by atoms with Crippen molar-refractivity contribution in [2.75, 3.05) is 31.1 Å². The van der Waals surface area contributed by atoms with E-state index in [1.54, 1.807) is 50.6 Å². The van der Waals surface area contributed by atoms with E-state index in [0.717, 1.165) is 28.2 Å². The maximum Gasteiger partial charge on any atom is 0.258 e. The molecule has 2 aliphatic heterocycles. The average molecular weight is 798 g/mol. The van der Waals surface area contributed by atoms with E-state index in [0.29, 0.717) is 28.3 Å². The highest BCUT2D eigenvalue weighted by molar-refractivity contribution is 6.58. The number of rotatable bonds is 8. The summed E-state index contributed by atoms with van der Waals surface area (Å²) >= 11 is 14.9. The van der Waals surface area contributed by atoms with Gasteiger partial charge in [-0.15, -0.1) is 23.2 Å². The summed E-state index contributed by atoms with van der Waals surface area (Å²) in [5.74, 6) is -5.47. The molecule has 2 heterocycles. The molecule has 2 aliphatic carbocycles. The highest BCUT2D eigenvalue weighted by atomic mass is 35.5. The monoisotopic (exact) mass is 796 g/mol. The van der Waals surface area contributed by atoms with Gasteiger partial charge in [0.15, 0.2) is 21.2 Å². The number of carbonyl (C=O) groups is 4. The van der Waals surface area contributed by atoms with Gasteiger partial charge < -0.3 is 19.3 Å². The number of methoxy groups -OCH3 is 3. The van der Waals surface area contributed by atoms with E-state index >= 15 is 0 Å². The molecule has 8 rings (SSSR count). The van der Waals surface area contributed by atoms with Crippen molar-refractivity contribution < 1.29 is 42.9 Å². The smallest absolute Gasteiger partial charge is 0.258 e. The van der Waals surface area contributed by atoms with Crippen LogP contribution < -0.4 is 24.0 Å². The summed E-state index contributed by atoms with van der Waals surface area (Å²) in [6.07, 6.45) is 5.47. The van der Waals surface area contributed by atoms with Crippen molar-refractivity contribution in [1.82, 2.24) is 0 Å². The second-order valence-corrected chi connectivity index (χ2v) is 15.5. The number of halogens is 3. The topological polar surface area (TPSA) is 123 Å². The van der Waals surface area contributed by atoms with Gasteiger partial charge in [0.2, 0.25) is 11.8 Å². The Bertz CT molecular complexity index is 2370. The zero-order valence-electron chi connectivity index (χ0n) is 30.4. The van der Waals surface area contributed by atoms with E-state index in [1.807, 2.05) is 30.4 Å². The van der Waals surface area contributed by atoms with E-state index in [4.69, 9.17) is 37.4 Å². The molecule has 56 heavy (non-hydrogen) atoms. The first-order chi connectivity index (χ1) is 26.9. The van der Waals surface area contributed by atoms with Gasteiger partial charge in [-0.05, 0) is 96.6 Å². The quantitative estimate of drug-likeness (QED) is 0.0843. The molecular weight excluding hydrogens is 762 g/mol. The molecule has 6 unspecified atom stereocenters. The van der Waals surface area contributed by atoms with Gasteiger partial charge in [-0.2, -0.15) is 0 Å². The third kappa shape index (κ3) is 5.50. The van der Waals surface area contributed by atoms with E-state index < -0.39 is 62.9 Å². The second kappa shape index (κ2) is 13.8. The molecule has 4 amide bonds. The summed E-state index contributed by atoms with van der Waals surface area (Å²) < 4.78 is 30.0. The molecule has 0 aromatic heterocycles. The molecule has 6 atom stereocenters. The number of carbonyl (C=O) groups excluding carboxylic acids is 4. The van der Waals surface area contributed by atoms with E-state index in [9.17, 15) is 28.7 Å². The number of fused-ring (bicyclic) bond motifs is 4. The number of hydrogen-bond acceptors (Lipinski definition) is 8. The van der Waals surface area contributed by atoms with Crippen LogP contribution in [0.25, 0.3) is 12.2 Å². The number of nitrogens with zero attached hydrogens (tertiary/aromatic N) is 2. The van der Waals surface area contributed by atoms with Crippen LogP contribution in [0, 0.1) is 23.6 Å². The molecule has 13 heteroatoms. The number of phenolic OH excluding ortho intramolecular Hbond substituents is 1. The van der Waals surface area contributed by atoms with Crippen LogP contribution in [0.4, 0.5) is 15.8 Å². The van der Waals surface area contributed by atoms with Crippen LogP contribution in [-0.2, 0) is 19.2 Å². The molecule has 0 radical (unpaired) electrons. The standard InChI is InChI=1S/C43H35Cl2FN2O8/c1-54-29-15-19-34(55-2)24(20-29)7-4-23-5-11-27(12-6-23)47-38(50)31-17-16-30-32(36(31)39(47)51)22-42(44)40(52)48(28-13-9-26(46)10-14-28)41(53)43(42,45)37(30)25-8-18-35(56-3)33(49)21-25/h4-16,18-21,31-32,36-37,49H,17,22H2,1-3H3. The van der Waals surface area contributed by atoms with Gasteiger partial charge in [0.1, 0.15) is 17.3 Å². The molecule has 1 N–H and O–H groups in total. The number of benzene rings is 4. The number of ether oxygens (including phenoxy) is 3. The van der Waals surface area contributed by atoms with Crippen molar-refractivity contribution in [3.05, 3.63) is 119 Å². The van der Waals surface area contributed by atoms with Crippen LogP contribution in [0.3, 0.4) is 0 Å². The average Bonchev–Trinajstić information content (AvgIpc) is 3.54. The van der Waals surface area contributed by atoms with Crippen molar-refractivity contribution in [1.29, 1.82) is 0 Å². The molecule has 0 bridgehead atoms. The fraction of sp³-hybridized carbons (Fsp3) is 0.256. The Morgan fingerprint density at radius 2 is 1.41 bits per heavy atom. The Morgan fingerprint density at radius 3 is 2.07 bits per heavy atom. The molecule has 3 fully saturated rings. The molecule has 286 valence electrons. The number of imide groups is 2. The Labute approximate surface area is 331 Å². The van der Waals surface area contributed by atoms with Crippen molar-refractivity contribution >= 4 is 70.4 Å². The maximum absolute atomic E-state index is 14.6. The minimum absolute atomic E-state index is 0.0706. The normalized spacial score (nSPS) is 26.9. The summed E-state index contributed by atoms with van der Waals surface area (Å²) in [5.41, 5.74) is 2.95. The van der Waals surface area contributed by atoms with E-state index in [2.05, 4.69) is 0 Å². The minimum atomic E-state index is -2.14. The Kier molecular flexibility index (Phi) is 9.20. The lowest BCUT2D eigenvalue weighted by atomic mass is 9.56. The fourth-order valence-corrected chi connectivity index (χ4v) is 9.74. The lowest BCUT2D eigenvalue weighted by Gasteiger charge is -2.50. The number of allylic oxidation sites excluding steroid dienone is 2. The summed E-state index contributed by atoms with van der Waals surface area (Å²) in [6, 6.07) is 21.7. The highest BCUT2D eigenvalue weighted by Gasteiger charge is 2.76. The number of alkyl halides is 2. The highest BCUT2D eigenvalue weighted by Crippen LogP contribution is 2.66. The zero-order chi connectivity index (χ0) is 39.7. The first kappa shape index (κ1) is 37.3. The third-order valence-corrected chi connectivity index (χ3v) is 12.9. The van der Waals surface area contributed by atoms with Crippen LogP contribution in [0.5, 0.6) is 23.0 Å². The summed E-state index contributed by atoms with van der Waals surface area (Å²) in [7, 11) is 4.55. The Balaban J connectivity index is 1.16. The summed E-state index contributed by atoms with van der Waals surface area (Å²) in [4.78, 5) is 55.5. The SMILES string of the molecule is COc1ccc(OC)c(C=Cc2ccc(N3C(=O)C4CC=C5C(CC6(Cl)C(=O)N(c7ccc(F)cc7)C(=O)C6(Cl)C5c5ccc(OC)c(O)c5)C4C3=O)cc2)c1. The van der Waals surface area contributed by atoms with Crippen LogP contribution in [-0.4, -0.2) is 59.8 Å². The number of aromatic hydroxyl groups is 1. The van der Waals surface area contributed by atoms with Gasteiger partial charge in [-0.1, -0.05) is 42.0 Å². The van der Waals surface area contributed by atoms with Crippen LogP contribution in [0.1, 0.15) is 35.4 Å². The molecular formula is C43H35Cl2FN2O8. The molecule has 2 saturated heterocycles. The summed E-state index contributed by atoms with van der Waals surface area (Å²) in [5, 5.41) is 10.9. The van der Waals surface area contributed by atoms with Crippen molar-refractivity contribution in [3.63, 3.8) is 0 Å². The summed E-state index contributed by atoms with van der Waals surface area (Å²) in [6.45, 7) is 0. The largest absolute Gasteiger partial charge is 0.504 e. The van der Waals surface area contributed by atoms with Crippen LogP contribution in [0.2, 0.25) is 0 Å². The van der Waals surface area contributed by atoms with Gasteiger partial charge in [0.05, 0.1) is 44.5 Å². The maximum atomic E-state index is 14.6. The molecule has 4 aromatic rings. The van der Waals surface area contributed by atoms with Gasteiger partial charge in [0, 0.05) is 11.5 Å². The van der Waals surface area contributed by atoms with Gasteiger partial charge in [-0.25, -0.2) is 9.29 Å². The lowest BCUT2D eigenvalue weighted by molar-refractivity contribution is -0.125. The predicted molar refractivity (Wildman–Crippen MR) is 209 cm³/mol. The second-order valence-electron chi connectivity index (χ2n) is 14.2. The number of anilines is 2. The first-order valence-corrected chi connectivity index (χ1v) is 18.6. The van der Waals surface area contributed by atoms with Gasteiger partial charge in [0.25, 0.3) is 11.8 Å². The molecule has 4 aliphatic rings. The minimum Gasteiger partial charge on any atom is -0.504 e. The predicted octanol–water partition coefficient (Wildman–Crippen LogP) is 7.50. The first-order valence-electron chi connectivity index (χ1n) is 17.8. The van der Waals surface area contributed by atoms with Gasteiger partial charge in [-0.3, -0.25) is 24.1 Å². The lowest BCUT2D eigenvalue weighted by Crippen LogP contribution is -2.60. The Hall–Kier alpha value is -5.65. The fourth-order valence-electron chi connectivity index (χ4n) is 8.80. The molecule has 10 nitrogen and oxygen atoms in total. The van der Waals surface area contributed by atoms with Crippen LogP contribution in [0.15, 0.2) is 96.6 Å². The zero-order valence-corrected chi connectivity index (χ0v) is 31.9. The van der Waals surface area contributed by atoms with E-state index in [1.165, 1.54) is 36.3 Å². The molecule has 0 spiro atoms. The van der Waals surface area contributed by atoms with E-state index in [-0.39, 0.29) is 30.0 Å². The van der Waals surface area contributed by atoms with Crippen LogP contribution >= 0.6 is 23.2 Å². The number of amides is 4. The van der Waals surface area contributed by atoms with Crippen molar-refractivity contribution in [3.8, 4) is 23.0 Å². The molecule has 4 aromatic carbocycles. The molecule has 1 saturated carbocycles. The number of hydrogen-bond donors (Lipinski definition) is 1.